The van der Waals surface area contributed by atoms with E-state index in [9.17, 15) is 0 Å². The molecule has 0 amide bonds. The summed E-state index contributed by atoms with van der Waals surface area (Å²) < 4.78 is 11.3. The second-order valence-corrected chi connectivity index (χ2v) is 15.4. The fourth-order valence-corrected chi connectivity index (χ4v) is 8.02. The van der Waals surface area contributed by atoms with Crippen molar-refractivity contribution in [1.82, 2.24) is 24.1 Å². The average molecular weight is 912 g/mol. The SMILES string of the molecule is Cc1cccc2c3cccc(C)c3n(-c3ccnc(-n4c5[c-]c(Oc6[c-]c(N7[CH-]N(C)c8nccnc87)cc(C(C)(C)C)c6)ccc5c5ccccc54)c3)c12.[Pt]. The summed E-state index contributed by atoms with van der Waals surface area (Å²) in [6, 6.07) is 41.3. The molecule has 0 N–H and O–H groups in total. The molecule has 0 radical (unpaired) electrons. The van der Waals surface area contributed by atoms with E-state index in [0.29, 0.717) is 11.5 Å². The number of aryl methyl sites for hydroxylation is 2. The Kier molecular flexibility index (Phi) is 8.51. The molecule has 0 saturated heterocycles. The van der Waals surface area contributed by atoms with Crippen LogP contribution in [0.25, 0.3) is 55.1 Å². The van der Waals surface area contributed by atoms with Crippen molar-refractivity contribution in [2.45, 2.75) is 40.0 Å². The van der Waals surface area contributed by atoms with E-state index < -0.39 is 0 Å². The maximum atomic E-state index is 6.69. The zero-order valence-corrected chi connectivity index (χ0v) is 34.2. The summed E-state index contributed by atoms with van der Waals surface area (Å²) in [6.45, 7) is 12.9. The number of hydrogen-bond donors (Lipinski definition) is 0. The molecule has 0 spiro atoms. The van der Waals surface area contributed by atoms with Crippen LogP contribution in [0, 0.1) is 32.6 Å². The van der Waals surface area contributed by atoms with E-state index in [1.54, 1.807) is 12.4 Å². The van der Waals surface area contributed by atoms with Crippen LogP contribution in [0.5, 0.6) is 11.5 Å². The number of para-hydroxylation sites is 3. The van der Waals surface area contributed by atoms with Gasteiger partial charge in [0, 0.05) is 73.5 Å². The smallest absolute Gasteiger partial charge is 0.143 e. The van der Waals surface area contributed by atoms with Gasteiger partial charge in [0.1, 0.15) is 17.5 Å². The van der Waals surface area contributed by atoms with Crippen LogP contribution >= 0.6 is 0 Å². The molecule has 0 bridgehead atoms. The molecule has 1 aliphatic heterocycles. The van der Waals surface area contributed by atoms with Crippen LogP contribution in [0.3, 0.4) is 0 Å². The molecular formula is C47H38N7OPt-3. The number of aromatic nitrogens is 5. The van der Waals surface area contributed by atoms with Crippen LogP contribution in [-0.2, 0) is 26.5 Å². The number of pyridine rings is 1. The van der Waals surface area contributed by atoms with E-state index in [1.807, 2.05) is 35.8 Å². The Morgan fingerprint density at radius 3 is 2.07 bits per heavy atom. The largest absolute Gasteiger partial charge is 0.509 e. The molecule has 5 aromatic carbocycles. The standard InChI is InChI=1S/C47H38N7O.Pt/c1-29-11-9-14-38-39-15-10-12-30(2)44(39)53(43(29)38)32-19-20-48-42(26-32)54-40-16-8-7-13-36(40)37-18-17-34(27-41(37)54)55-35-24-31(47(3,4)5)23-33(25-35)52-28-51(6)45-46(52)50-22-21-49-45;/h7-24,26,28H,1-6H3;/q-3;. The Hall–Kier alpha value is -5.98. The van der Waals surface area contributed by atoms with Crippen LogP contribution in [-0.4, -0.2) is 31.1 Å². The third kappa shape index (κ3) is 5.65. The van der Waals surface area contributed by atoms with E-state index in [-0.39, 0.29) is 26.5 Å². The van der Waals surface area contributed by atoms with Gasteiger partial charge in [-0.05, 0) is 55.0 Å². The predicted octanol–water partition coefficient (Wildman–Crippen LogP) is 11.1. The molecule has 9 aromatic rings. The van der Waals surface area contributed by atoms with E-state index in [4.69, 9.17) is 9.72 Å². The number of fused-ring (bicyclic) bond motifs is 7. The molecular weight excluding hydrogens is 874 g/mol. The summed E-state index contributed by atoms with van der Waals surface area (Å²) in [6.07, 6.45) is 5.33. The summed E-state index contributed by atoms with van der Waals surface area (Å²) in [5, 5.41) is 4.67. The second-order valence-electron chi connectivity index (χ2n) is 15.4. The van der Waals surface area contributed by atoms with Crippen LogP contribution in [0.15, 0.2) is 116 Å². The normalized spacial score (nSPS) is 12.9. The van der Waals surface area contributed by atoms with Crippen LogP contribution in [0.1, 0.15) is 37.5 Å². The molecule has 280 valence electrons. The third-order valence-corrected chi connectivity index (χ3v) is 10.7. The molecule has 0 atom stereocenters. The number of ether oxygens (including phenoxy) is 1. The van der Waals surface area contributed by atoms with Crippen molar-refractivity contribution < 1.29 is 25.8 Å². The number of benzene rings is 5. The fourth-order valence-electron chi connectivity index (χ4n) is 8.02. The fraction of sp³-hybridized carbons (Fsp3) is 0.149. The molecule has 56 heavy (non-hydrogen) atoms. The Morgan fingerprint density at radius 2 is 1.34 bits per heavy atom. The van der Waals surface area contributed by atoms with Gasteiger partial charge in [-0.25, -0.2) is 15.0 Å². The molecule has 0 aliphatic carbocycles. The van der Waals surface area contributed by atoms with Gasteiger partial charge in [-0.15, -0.1) is 48.0 Å². The maximum absolute atomic E-state index is 6.69. The first-order valence-electron chi connectivity index (χ1n) is 18.5. The Morgan fingerprint density at radius 1 is 0.643 bits per heavy atom. The van der Waals surface area contributed by atoms with Crippen LogP contribution < -0.4 is 14.5 Å². The molecule has 10 rings (SSSR count). The van der Waals surface area contributed by atoms with Gasteiger partial charge >= 0.3 is 0 Å². The molecule has 8 nitrogen and oxygen atoms in total. The number of anilines is 3. The zero-order valence-electron chi connectivity index (χ0n) is 31.9. The first kappa shape index (κ1) is 35.7. The summed E-state index contributed by atoms with van der Waals surface area (Å²) in [7, 11) is 1.97. The first-order chi connectivity index (χ1) is 26.6. The van der Waals surface area contributed by atoms with Gasteiger partial charge in [0.2, 0.25) is 0 Å². The molecule has 0 unspecified atom stereocenters. The van der Waals surface area contributed by atoms with E-state index in [1.165, 1.54) is 32.9 Å². The van der Waals surface area contributed by atoms with Crippen molar-refractivity contribution in [3.05, 3.63) is 151 Å². The van der Waals surface area contributed by atoms with Crippen LogP contribution in [0.2, 0.25) is 0 Å². The minimum Gasteiger partial charge on any atom is -0.509 e. The van der Waals surface area contributed by atoms with Gasteiger partial charge in [0.25, 0.3) is 0 Å². The number of hydrogen-bond acceptors (Lipinski definition) is 6. The molecule has 0 fully saturated rings. The Balaban J connectivity index is 0.00000410. The van der Waals surface area contributed by atoms with Gasteiger partial charge in [-0.3, -0.25) is 0 Å². The summed E-state index contributed by atoms with van der Waals surface area (Å²) in [4.78, 5) is 18.1. The van der Waals surface area contributed by atoms with Crippen molar-refractivity contribution in [2.75, 3.05) is 16.8 Å². The third-order valence-electron chi connectivity index (χ3n) is 10.7. The van der Waals surface area contributed by atoms with Gasteiger partial charge in [0.05, 0.1) is 16.7 Å². The van der Waals surface area contributed by atoms with Gasteiger partial charge < -0.3 is 23.7 Å². The molecule has 5 heterocycles. The van der Waals surface area contributed by atoms with Gasteiger partial charge in [-0.2, -0.15) is 6.07 Å². The first-order valence-corrected chi connectivity index (χ1v) is 18.5. The van der Waals surface area contributed by atoms with Crippen molar-refractivity contribution >= 4 is 60.9 Å². The number of rotatable bonds is 5. The molecule has 0 saturated carbocycles. The van der Waals surface area contributed by atoms with Crippen molar-refractivity contribution in [3.63, 3.8) is 0 Å². The Bertz CT molecular complexity index is 2930. The zero-order chi connectivity index (χ0) is 37.6. The number of nitrogens with zero attached hydrogens (tertiary/aromatic N) is 7. The second kappa shape index (κ2) is 13.3. The van der Waals surface area contributed by atoms with E-state index >= 15 is 0 Å². The summed E-state index contributed by atoms with van der Waals surface area (Å²) in [5.41, 5.74) is 9.60. The quantitative estimate of drug-likeness (QED) is 0.160. The van der Waals surface area contributed by atoms with Gasteiger partial charge in [0.15, 0.2) is 0 Å². The molecule has 4 aromatic heterocycles. The molecule has 1 aliphatic rings. The van der Waals surface area contributed by atoms with Gasteiger partial charge in [-0.1, -0.05) is 86.6 Å². The Labute approximate surface area is 340 Å². The monoisotopic (exact) mass is 911 g/mol. The van der Waals surface area contributed by atoms with Crippen LogP contribution in [0.4, 0.5) is 17.3 Å². The summed E-state index contributed by atoms with van der Waals surface area (Å²) in [5.74, 6) is 3.50. The van der Waals surface area contributed by atoms with E-state index in [2.05, 4.69) is 157 Å². The minimum absolute atomic E-state index is 0. The molecule has 9 heteroatoms. The predicted molar refractivity (Wildman–Crippen MR) is 222 cm³/mol. The van der Waals surface area contributed by atoms with E-state index in [0.717, 1.165) is 56.2 Å². The average Bonchev–Trinajstić information content (AvgIpc) is 3.83. The van der Waals surface area contributed by atoms with Crippen molar-refractivity contribution in [3.8, 4) is 23.0 Å². The maximum Gasteiger partial charge on any atom is 0.143 e. The topological polar surface area (TPSA) is 64.2 Å². The summed E-state index contributed by atoms with van der Waals surface area (Å²) >= 11 is 0. The minimum atomic E-state index is -0.150. The van der Waals surface area contributed by atoms with Crippen molar-refractivity contribution in [1.29, 1.82) is 0 Å². The van der Waals surface area contributed by atoms with Crippen molar-refractivity contribution in [2.24, 2.45) is 0 Å².